The molecule has 1 saturated heterocycles. The van der Waals surface area contributed by atoms with Gasteiger partial charge in [0.15, 0.2) is 0 Å². The number of halogens is 1. The lowest BCUT2D eigenvalue weighted by atomic mass is 10.1. The van der Waals surface area contributed by atoms with Crippen molar-refractivity contribution in [3.8, 4) is 0 Å². The van der Waals surface area contributed by atoms with Crippen LogP contribution >= 0.6 is 11.6 Å². The van der Waals surface area contributed by atoms with Gasteiger partial charge in [-0.2, -0.15) is 5.10 Å². The first-order valence-electron chi connectivity index (χ1n) is 6.33. The molecule has 0 bridgehead atoms. The minimum Gasteiger partial charge on any atom is -0.391 e. The molecule has 1 N–H and O–H groups in total. The lowest BCUT2D eigenvalue weighted by Crippen LogP contribution is -2.41. The fourth-order valence-electron chi connectivity index (χ4n) is 2.25. The highest BCUT2D eigenvalue weighted by molar-refractivity contribution is 6.31. The van der Waals surface area contributed by atoms with E-state index < -0.39 is 6.10 Å². The number of hydrogen-bond donors (Lipinski definition) is 1. The molecule has 1 fully saturated rings. The highest BCUT2D eigenvalue weighted by Crippen LogP contribution is 2.20. The summed E-state index contributed by atoms with van der Waals surface area (Å²) in [6.45, 7) is 2.95. The summed E-state index contributed by atoms with van der Waals surface area (Å²) in [4.78, 5) is 13.7. The van der Waals surface area contributed by atoms with Crippen molar-refractivity contribution in [2.45, 2.75) is 25.9 Å². The van der Waals surface area contributed by atoms with Gasteiger partial charge in [-0.25, -0.2) is 0 Å². The molecular formula is C13H18ClN3O2. The molecule has 0 aliphatic carbocycles. The van der Waals surface area contributed by atoms with E-state index in [2.05, 4.69) is 5.10 Å². The summed E-state index contributed by atoms with van der Waals surface area (Å²) in [5.41, 5.74) is 1.55. The molecule has 1 amide bonds. The van der Waals surface area contributed by atoms with Crippen molar-refractivity contribution < 1.29 is 9.90 Å². The predicted octanol–water partition coefficient (Wildman–Crippen LogP) is 1.38. The second-order valence-corrected chi connectivity index (χ2v) is 5.19. The average molecular weight is 284 g/mol. The third-order valence-corrected chi connectivity index (χ3v) is 3.75. The van der Waals surface area contributed by atoms with E-state index in [9.17, 15) is 9.90 Å². The molecule has 0 aromatic carbocycles. The number of piperidine rings is 1. The first-order valence-corrected chi connectivity index (χ1v) is 6.71. The Kier molecular flexibility index (Phi) is 4.27. The van der Waals surface area contributed by atoms with Crippen LogP contribution in [0.4, 0.5) is 0 Å². The molecular weight excluding hydrogens is 266 g/mol. The number of amides is 1. The van der Waals surface area contributed by atoms with E-state index in [0.29, 0.717) is 18.2 Å². The van der Waals surface area contributed by atoms with Gasteiger partial charge < -0.3 is 10.0 Å². The molecule has 104 valence electrons. The van der Waals surface area contributed by atoms with Gasteiger partial charge in [-0.15, -0.1) is 0 Å². The quantitative estimate of drug-likeness (QED) is 0.834. The molecule has 5 nitrogen and oxygen atoms in total. The SMILES string of the molecule is Cc1nn(C)c(Cl)c1/C=C/C(=O)N1CCC[C@H](O)C1. The van der Waals surface area contributed by atoms with E-state index >= 15 is 0 Å². The van der Waals surface area contributed by atoms with Crippen molar-refractivity contribution >= 4 is 23.6 Å². The zero-order valence-corrected chi connectivity index (χ0v) is 11.9. The zero-order valence-electron chi connectivity index (χ0n) is 11.1. The third kappa shape index (κ3) is 3.16. The van der Waals surface area contributed by atoms with E-state index in [1.54, 1.807) is 22.7 Å². The van der Waals surface area contributed by atoms with Crippen molar-refractivity contribution in [2.75, 3.05) is 13.1 Å². The highest BCUT2D eigenvalue weighted by atomic mass is 35.5. The number of hydrogen-bond acceptors (Lipinski definition) is 3. The molecule has 0 radical (unpaired) electrons. The smallest absolute Gasteiger partial charge is 0.246 e. The van der Waals surface area contributed by atoms with Gasteiger partial charge in [0.2, 0.25) is 5.91 Å². The van der Waals surface area contributed by atoms with Crippen LogP contribution < -0.4 is 0 Å². The maximum Gasteiger partial charge on any atom is 0.246 e. The predicted molar refractivity (Wildman–Crippen MR) is 73.8 cm³/mol. The van der Waals surface area contributed by atoms with Crippen molar-refractivity contribution in [2.24, 2.45) is 7.05 Å². The Labute approximate surface area is 117 Å². The summed E-state index contributed by atoms with van der Waals surface area (Å²) in [5.74, 6) is -0.0990. The highest BCUT2D eigenvalue weighted by Gasteiger charge is 2.20. The Hall–Kier alpha value is -1.33. The van der Waals surface area contributed by atoms with Gasteiger partial charge >= 0.3 is 0 Å². The second-order valence-electron chi connectivity index (χ2n) is 4.83. The summed E-state index contributed by atoms with van der Waals surface area (Å²) in [5, 5.41) is 14.2. The van der Waals surface area contributed by atoms with Crippen LogP contribution in [0, 0.1) is 6.92 Å². The molecule has 0 unspecified atom stereocenters. The fraction of sp³-hybridized carbons (Fsp3) is 0.538. The van der Waals surface area contributed by atoms with Crippen LogP contribution in [-0.2, 0) is 11.8 Å². The molecule has 0 saturated carbocycles. The molecule has 0 spiro atoms. The Morgan fingerprint density at radius 2 is 2.32 bits per heavy atom. The first kappa shape index (κ1) is 14.1. The lowest BCUT2D eigenvalue weighted by molar-refractivity contribution is -0.128. The Morgan fingerprint density at radius 1 is 1.58 bits per heavy atom. The zero-order chi connectivity index (χ0) is 14.0. The number of β-amino-alcohol motifs (C(OH)–C–C–N with tert-alkyl or cyclic N) is 1. The van der Waals surface area contributed by atoms with E-state index in [1.807, 2.05) is 6.92 Å². The van der Waals surface area contributed by atoms with Crippen LogP contribution in [-0.4, -0.2) is 44.9 Å². The number of carbonyl (C=O) groups excluding carboxylic acids is 1. The van der Waals surface area contributed by atoms with Crippen LogP contribution in [0.5, 0.6) is 0 Å². The Balaban J connectivity index is 2.07. The van der Waals surface area contributed by atoms with Crippen LogP contribution in [0.3, 0.4) is 0 Å². The van der Waals surface area contributed by atoms with Crippen molar-refractivity contribution in [1.82, 2.24) is 14.7 Å². The molecule has 1 aromatic heterocycles. The number of aromatic nitrogens is 2. The normalized spacial score (nSPS) is 20.2. The summed E-state index contributed by atoms with van der Waals surface area (Å²) >= 11 is 6.09. The van der Waals surface area contributed by atoms with Crippen LogP contribution in [0.2, 0.25) is 5.15 Å². The largest absolute Gasteiger partial charge is 0.391 e. The maximum absolute atomic E-state index is 12.0. The summed E-state index contributed by atoms with van der Waals surface area (Å²) in [6.07, 6.45) is 4.38. The van der Waals surface area contributed by atoms with Crippen LogP contribution in [0.1, 0.15) is 24.1 Å². The van der Waals surface area contributed by atoms with E-state index in [-0.39, 0.29) is 5.91 Å². The molecule has 1 aliphatic heterocycles. The van der Waals surface area contributed by atoms with Gasteiger partial charge in [-0.05, 0) is 25.8 Å². The Bertz CT molecular complexity index is 510. The minimum absolute atomic E-state index is 0.0990. The van der Waals surface area contributed by atoms with Gasteiger partial charge in [0.05, 0.1) is 11.8 Å². The van der Waals surface area contributed by atoms with Crippen molar-refractivity contribution in [3.63, 3.8) is 0 Å². The minimum atomic E-state index is -0.408. The number of aliphatic hydroxyl groups excluding tert-OH is 1. The van der Waals surface area contributed by atoms with Gasteiger partial charge in [0.25, 0.3) is 0 Å². The summed E-state index contributed by atoms with van der Waals surface area (Å²) in [7, 11) is 1.76. The summed E-state index contributed by atoms with van der Waals surface area (Å²) in [6, 6.07) is 0. The van der Waals surface area contributed by atoms with E-state index in [1.165, 1.54) is 6.08 Å². The number of rotatable bonds is 2. The molecule has 6 heteroatoms. The standard InChI is InChI=1S/C13H18ClN3O2/c1-9-11(13(14)16(2)15-9)5-6-12(19)17-7-3-4-10(18)8-17/h5-6,10,18H,3-4,7-8H2,1-2H3/b6-5+/t10-/m0/s1. The molecule has 2 rings (SSSR count). The van der Waals surface area contributed by atoms with Gasteiger partial charge in [0.1, 0.15) is 5.15 Å². The topological polar surface area (TPSA) is 58.4 Å². The third-order valence-electron chi connectivity index (χ3n) is 3.30. The van der Waals surface area contributed by atoms with Gasteiger partial charge in [-0.1, -0.05) is 11.6 Å². The van der Waals surface area contributed by atoms with Crippen LogP contribution in [0.25, 0.3) is 6.08 Å². The van der Waals surface area contributed by atoms with Gasteiger partial charge in [-0.3, -0.25) is 9.48 Å². The summed E-state index contributed by atoms with van der Waals surface area (Å²) < 4.78 is 1.58. The second kappa shape index (κ2) is 5.75. The average Bonchev–Trinajstić information content (AvgIpc) is 2.61. The van der Waals surface area contributed by atoms with Crippen molar-refractivity contribution in [3.05, 3.63) is 22.5 Å². The molecule has 19 heavy (non-hydrogen) atoms. The van der Waals surface area contributed by atoms with E-state index in [0.717, 1.165) is 24.1 Å². The first-order chi connectivity index (χ1) is 8.99. The Morgan fingerprint density at radius 3 is 2.89 bits per heavy atom. The molecule has 1 aliphatic rings. The van der Waals surface area contributed by atoms with E-state index in [4.69, 9.17) is 11.6 Å². The number of carbonyl (C=O) groups is 1. The molecule has 2 heterocycles. The maximum atomic E-state index is 12.0. The number of likely N-dealkylation sites (tertiary alicyclic amines) is 1. The monoisotopic (exact) mass is 283 g/mol. The number of nitrogens with zero attached hydrogens (tertiary/aromatic N) is 3. The lowest BCUT2D eigenvalue weighted by Gasteiger charge is -2.29. The molecule has 1 atom stereocenters. The van der Waals surface area contributed by atoms with Gasteiger partial charge in [0, 0.05) is 31.8 Å². The van der Waals surface area contributed by atoms with Crippen LogP contribution in [0.15, 0.2) is 6.08 Å². The number of aryl methyl sites for hydroxylation is 2. The molecule has 1 aromatic rings. The fourth-order valence-corrected chi connectivity index (χ4v) is 2.49. The number of aliphatic hydroxyl groups is 1. The van der Waals surface area contributed by atoms with Crippen molar-refractivity contribution in [1.29, 1.82) is 0 Å².